The quantitative estimate of drug-likeness (QED) is 0.897. The second kappa shape index (κ2) is 4.82. The summed E-state index contributed by atoms with van der Waals surface area (Å²) in [5, 5.41) is 11.8. The zero-order valence-corrected chi connectivity index (χ0v) is 9.96. The Labute approximate surface area is 109 Å². The Hall–Kier alpha value is -2.81. The lowest BCUT2D eigenvalue weighted by molar-refractivity contribution is 0.174. The average Bonchev–Trinajstić information content (AvgIpc) is 2.93. The van der Waals surface area contributed by atoms with Gasteiger partial charge in [-0.05, 0) is 23.8 Å². The zero-order chi connectivity index (χ0) is 13.1. The topological polar surface area (TPSA) is 80.1 Å². The van der Waals surface area contributed by atoms with E-state index in [1.165, 1.54) is 0 Å². The summed E-state index contributed by atoms with van der Waals surface area (Å²) in [6.07, 6.45) is 1.55. The van der Waals surface area contributed by atoms with E-state index in [-0.39, 0.29) is 6.79 Å². The van der Waals surface area contributed by atoms with E-state index in [0.29, 0.717) is 18.2 Å². The van der Waals surface area contributed by atoms with Crippen LogP contribution in [0, 0.1) is 11.3 Å². The van der Waals surface area contributed by atoms with Crippen LogP contribution in [0.15, 0.2) is 30.5 Å². The SMILES string of the molecule is N#Cc1ccnc(NCc2ccc3c(c2)OCO3)n1. The first kappa shape index (κ1) is 11.3. The first-order valence-corrected chi connectivity index (χ1v) is 5.71. The van der Waals surface area contributed by atoms with Crippen LogP contribution in [-0.2, 0) is 6.54 Å². The molecule has 0 atom stereocenters. The number of hydrogen-bond acceptors (Lipinski definition) is 6. The van der Waals surface area contributed by atoms with Gasteiger partial charge in [0.1, 0.15) is 11.8 Å². The number of benzene rings is 1. The number of nitrogens with one attached hydrogen (secondary N) is 1. The summed E-state index contributed by atoms with van der Waals surface area (Å²) in [5.74, 6) is 1.93. The molecule has 0 unspecified atom stereocenters. The highest BCUT2D eigenvalue weighted by Gasteiger charge is 2.13. The Bertz CT molecular complexity index is 651. The maximum absolute atomic E-state index is 8.75. The highest BCUT2D eigenvalue weighted by molar-refractivity contribution is 5.45. The molecule has 0 aliphatic carbocycles. The van der Waals surface area contributed by atoms with Crippen molar-refractivity contribution in [3.05, 3.63) is 41.7 Å². The molecule has 1 aromatic carbocycles. The molecular weight excluding hydrogens is 244 g/mol. The van der Waals surface area contributed by atoms with Crippen molar-refractivity contribution >= 4 is 5.95 Å². The maximum atomic E-state index is 8.75. The van der Waals surface area contributed by atoms with E-state index in [4.69, 9.17) is 14.7 Å². The smallest absolute Gasteiger partial charge is 0.231 e. The van der Waals surface area contributed by atoms with Crippen LogP contribution in [0.2, 0.25) is 0 Å². The maximum Gasteiger partial charge on any atom is 0.231 e. The van der Waals surface area contributed by atoms with Crippen LogP contribution in [-0.4, -0.2) is 16.8 Å². The number of nitrogens with zero attached hydrogens (tertiary/aromatic N) is 3. The summed E-state index contributed by atoms with van der Waals surface area (Å²) >= 11 is 0. The fourth-order valence-corrected chi connectivity index (χ4v) is 1.74. The molecule has 0 radical (unpaired) electrons. The van der Waals surface area contributed by atoms with Gasteiger partial charge < -0.3 is 14.8 Å². The van der Waals surface area contributed by atoms with Crippen molar-refractivity contribution in [1.29, 1.82) is 5.26 Å². The summed E-state index contributed by atoms with van der Waals surface area (Å²) in [4.78, 5) is 8.09. The highest BCUT2D eigenvalue weighted by Crippen LogP contribution is 2.32. The summed E-state index contributed by atoms with van der Waals surface area (Å²) in [6, 6.07) is 9.25. The molecule has 1 aliphatic rings. The average molecular weight is 254 g/mol. The number of aromatic nitrogens is 2. The normalized spacial score (nSPS) is 11.9. The van der Waals surface area contributed by atoms with Crippen LogP contribution in [0.1, 0.15) is 11.3 Å². The Morgan fingerprint density at radius 1 is 1.26 bits per heavy atom. The molecule has 2 aromatic rings. The predicted molar refractivity (Wildman–Crippen MR) is 66.6 cm³/mol. The molecule has 6 nitrogen and oxygen atoms in total. The van der Waals surface area contributed by atoms with Crippen LogP contribution in [0.4, 0.5) is 5.95 Å². The van der Waals surface area contributed by atoms with Crippen LogP contribution < -0.4 is 14.8 Å². The van der Waals surface area contributed by atoms with Crippen molar-refractivity contribution in [3.8, 4) is 17.6 Å². The van der Waals surface area contributed by atoms with Crippen LogP contribution in [0.3, 0.4) is 0 Å². The lowest BCUT2D eigenvalue weighted by atomic mass is 10.2. The van der Waals surface area contributed by atoms with Gasteiger partial charge in [0.05, 0.1) is 0 Å². The Balaban J connectivity index is 1.70. The zero-order valence-electron chi connectivity index (χ0n) is 9.96. The van der Waals surface area contributed by atoms with Gasteiger partial charge in [-0.1, -0.05) is 6.07 Å². The molecule has 3 rings (SSSR count). The Morgan fingerprint density at radius 2 is 2.16 bits per heavy atom. The van der Waals surface area contributed by atoms with Gasteiger partial charge in [0.25, 0.3) is 0 Å². The van der Waals surface area contributed by atoms with E-state index < -0.39 is 0 Å². The summed E-state index contributed by atoms with van der Waals surface area (Å²) in [6.45, 7) is 0.811. The second-order valence-electron chi connectivity index (χ2n) is 3.92. The monoisotopic (exact) mass is 254 g/mol. The molecule has 0 saturated carbocycles. The molecule has 1 aliphatic heterocycles. The molecule has 1 N–H and O–H groups in total. The molecule has 94 valence electrons. The Morgan fingerprint density at radius 3 is 3.05 bits per heavy atom. The van der Waals surface area contributed by atoms with E-state index in [9.17, 15) is 0 Å². The van der Waals surface area contributed by atoms with Gasteiger partial charge >= 0.3 is 0 Å². The third-order valence-electron chi connectivity index (χ3n) is 2.66. The Kier molecular flexibility index (Phi) is 2.86. The number of anilines is 1. The molecule has 19 heavy (non-hydrogen) atoms. The summed E-state index contributed by atoms with van der Waals surface area (Å²) in [5.41, 5.74) is 1.36. The minimum atomic E-state index is 0.263. The number of rotatable bonds is 3. The lowest BCUT2D eigenvalue weighted by Gasteiger charge is -2.05. The van der Waals surface area contributed by atoms with Gasteiger partial charge in [-0.15, -0.1) is 0 Å². The largest absolute Gasteiger partial charge is 0.454 e. The van der Waals surface area contributed by atoms with Crippen LogP contribution >= 0.6 is 0 Å². The van der Waals surface area contributed by atoms with Crippen molar-refractivity contribution in [3.63, 3.8) is 0 Å². The fourth-order valence-electron chi connectivity index (χ4n) is 1.74. The first-order valence-electron chi connectivity index (χ1n) is 5.71. The van der Waals surface area contributed by atoms with E-state index >= 15 is 0 Å². The van der Waals surface area contributed by atoms with Crippen molar-refractivity contribution in [2.45, 2.75) is 6.54 Å². The standard InChI is InChI=1S/C13H10N4O2/c14-6-10-3-4-15-13(17-10)16-7-9-1-2-11-12(5-9)19-8-18-11/h1-5H,7-8H2,(H,15,16,17). The molecule has 6 heteroatoms. The molecule has 0 spiro atoms. The van der Waals surface area contributed by atoms with Crippen molar-refractivity contribution in [2.24, 2.45) is 0 Å². The van der Waals surface area contributed by atoms with Crippen molar-refractivity contribution in [2.75, 3.05) is 12.1 Å². The van der Waals surface area contributed by atoms with Crippen molar-refractivity contribution in [1.82, 2.24) is 9.97 Å². The minimum absolute atomic E-state index is 0.263. The van der Waals surface area contributed by atoms with Crippen LogP contribution in [0.25, 0.3) is 0 Å². The summed E-state index contributed by atoms with van der Waals surface area (Å²) < 4.78 is 10.5. The van der Waals surface area contributed by atoms with E-state index in [1.807, 2.05) is 24.3 Å². The van der Waals surface area contributed by atoms with Gasteiger partial charge in [0.15, 0.2) is 11.5 Å². The number of hydrogen-bond donors (Lipinski definition) is 1. The van der Waals surface area contributed by atoms with Gasteiger partial charge in [0, 0.05) is 12.7 Å². The third-order valence-corrected chi connectivity index (χ3v) is 2.66. The number of nitriles is 1. The molecule has 0 saturated heterocycles. The molecule has 2 heterocycles. The highest BCUT2D eigenvalue weighted by atomic mass is 16.7. The van der Waals surface area contributed by atoms with E-state index in [0.717, 1.165) is 17.1 Å². The molecule has 0 bridgehead atoms. The molecule has 1 aromatic heterocycles. The molecular formula is C13H10N4O2. The summed E-state index contributed by atoms with van der Waals surface area (Å²) in [7, 11) is 0. The number of ether oxygens (including phenoxy) is 2. The van der Waals surface area contributed by atoms with Gasteiger partial charge in [0.2, 0.25) is 12.7 Å². The first-order chi connectivity index (χ1) is 9.35. The minimum Gasteiger partial charge on any atom is -0.454 e. The molecule has 0 fully saturated rings. The van der Waals surface area contributed by atoms with Gasteiger partial charge in [-0.3, -0.25) is 0 Å². The van der Waals surface area contributed by atoms with Crippen LogP contribution in [0.5, 0.6) is 11.5 Å². The van der Waals surface area contributed by atoms with E-state index in [2.05, 4.69) is 15.3 Å². The third kappa shape index (κ3) is 2.40. The second-order valence-corrected chi connectivity index (χ2v) is 3.92. The lowest BCUT2D eigenvalue weighted by Crippen LogP contribution is -2.04. The van der Waals surface area contributed by atoms with Gasteiger partial charge in [-0.2, -0.15) is 5.26 Å². The fraction of sp³-hybridized carbons (Fsp3) is 0.154. The predicted octanol–water partition coefficient (Wildman–Crippen LogP) is 1.69. The van der Waals surface area contributed by atoms with Gasteiger partial charge in [-0.25, -0.2) is 9.97 Å². The number of fused-ring (bicyclic) bond motifs is 1. The van der Waals surface area contributed by atoms with Crippen molar-refractivity contribution < 1.29 is 9.47 Å². The van der Waals surface area contributed by atoms with E-state index in [1.54, 1.807) is 12.3 Å². The molecule has 0 amide bonds.